The first-order valence-corrected chi connectivity index (χ1v) is 11.3. The molecule has 4 rings (SSSR count). The number of hydrogen-bond acceptors (Lipinski definition) is 4. The van der Waals surface area contributed by atoms with E-state index in [9.17, 15) is 10.1 Å². The van der Waals surface area contributed by atoms with Gasteiger partial charge in [-0.2, -0.15) is 5.26 Å². The number of carbonyl (C=O) groups excluding carboxylic acids is 1. The van der Waals surface area contributed by atoms with Crippen molar-refractivity contribution in [2.24, 2.45) is 0 Å². The minimum absolute atomic E-state index is 0.374. The van der Waals surface area contributed by atoms with Gasteiger partial charge in [0.1, 0.15) is 11.5 Å². The molecule has 0 fully saturated rings. The van der Waals surface area contributed by atoms with Crippen LogP contribution >= 0.6 is 0 Å². The number of benzene rings is 3. The summed E-state index contributed by atoms with van der Waals surface area (Å²) in [6.45, 7) is 5.57. The molecule has 3 aromatic carbocycles. The Hall–Kier alpha value is -4.24. The molecule has 4 aromatic rings. The monoisotopic (exact) mass is 453 g/mol. The Morgan fingerprint density at radius 3 is 2.41 bits per heavy atom. The first-order chi connectivity index (χ1) is 16.6. The number of methoxy groups -OCH3 is 1. The summed E-state index contributed by atoms with van der Waals surface area (Å²) in [5.41, 5.74) is 4.35. The van der Waals surface area contributed by atoms with E-state index in [1.54, 1.807) is 12.0 Å². The molecular weight excluding hydrogens is 426 g/mol. The molecule has 172 valence electrons. The van der Waals surface area contributed by atoms with Gasteiger partial charge in [-0.05, 0) is 61.4 Å². The minimum Gasteiger partial charge on any atom is -0.497 e. The lowest BCUT2D eigenvalue weighted by Gasteiger charge is -2.20. The molecule has 34 heavy (non-hydrogen) atoms. The first kappa shape index (κ1) is 22.9. The zero-order chi connectivity index (χ0) is 24.1. The summed E-state index contributed by atoms with van der Waals surface area (Å²) in [5, 5.41) is 10.4. The van der Waals surface area contributed by atoms with E-state index < -0.39 is 0 Å². The van der Waals surface area contributed by atoms with Crippen LogP contribution in [0.25, 0.3) is 22.0 Å². The molecule has 6 heteroatoms. The van der Waals surface area contributed by atoms with Crippen molar-refractivity contribution in [3.8, 4) is 28.7 Å². The predicted molar refractivity (Wildman–Crippen MR) is 133 cm³/mol. The number of carbonyl (C=O) groups is 1. The molecule has 1 heterocycles. The van der Waals surface area contributed by atoms with E-state index in [0.29, 0.717) is 30.9 Å². The predicted octanol–water partition coefficient (Wildman–Crippen LogP) is 6.08. The maximum Gasteiger partial charge on any atom is 0.415 e. The molecule has 0 N–H and O–H groups in total. The van der Waals surface area contributed by atoms with Gasteiger partial charge in [-0.1, -0.05) is 30.3 Å². The minimum atomic E-state index is -0.374. The van der Waals surface area contributed by atoms with Crippen molar-refractivity contribution >= 4 is 17.0 Å². The summed E-state index contributed by atoms with van der Waals surface area (Å²) in [6.07, 6.45) is 1.63. The van der Waals surface area contributed by atoms with Gasteiger partial charge in [-0.25, -0.2) is 4.79 Å². The van der Waals surface area contributed by atoms with Crippen LogP contribution in [0.15, 0.2) is 72.9 Å². The van der Waals surface area contributed by atoms with Crippen molar-refractivity contribution in [3.63, 3.8) is 0 Å². The number of ether oxygens (including phenoxy) is 2. The number of rotatable bonds is 7. The highest BCUT2D eigenvalue weighted by Crippen LogP contribution is 2.39. The van der Waals surface area contributed by atoms with E-state index >= 15 is 0 Å². The molecule has 0 radical (unpaired) electrons. The highest BCUT2D eigenvalue weighted by Gasteiger charge is 2.19. The number of nitriles is 1. The summed E-state index contributed by atoms with van der Waals surface area (Å²) >= 11 is 0. The molecular formula is C28H27N3O3. The molecule has 0 atom stereocenters. The lowest BCUT2D eigenvalue weighted by molar-refractivity contribution is 0.157. The Kier molecular flexibility index (Phi) is 6.84. The highest BCUT2D eigenvalue weighted by atomic mass is 16.6. The van der Waals surface area contributed by atoms with Gasteiger partial charge >= 0.3 is 6.09 Å². The van der Waals surface area contributed by atoms with Crippen molar-refractivity contribution in [3.05, 3.63) is 84.1 Å². The third kappa shape index (κ3) is 4.46. The SMILES string of the molecule is CCN(CC)C(=O)Oc1ccc2c(ccn2Cc2ccccc2C#N)c1-c1ccc(OC)cc1. The second kappa shape index (κ2) is 10.1. The van der Waals surface area contributed by atoms with E-state index in [2.05, 4.69) is 10.6 Å². The van der Waals surface area contributed by atoms with Crippen molar-refractivity contribution < 1.29 is 14.3 Å². The fourth-order valence-corrected chi connectivity index (χ4v) is 4.12. The molecule has 0 aliphatic heterocycles. The van der Waals surface area contributed by atoms with Crippen molar-refractivity contribution in [2.75, 3.05) is 20.2 Å². The third-order valence-electron chi connectivity index (χ3n) is 5.99. The molecule has 0 spiro atoms. The van der Waals surface area contributed by atoms with E-state index in [-0.39, 0.29) is 6.09 Å². The summed E-state index contributed by atoms with van der Waals surface area (Å²) in [5.74, 6) is 1.26. The maximum absolute atomic E-state index is 12.8. The third-order valence-corrected chi connectivity index (χ3v) is 5.99. The number of aromatic nitrogens is 1. The van der Waals surface area contributed by atoms with E-state index in [0.717, 1.165) is 33.3 Å². The Balaban J connectivity index is 1.82. The Bertz CT molecular complexity index is 1350. The largest absolute Gasteiger partial charge is 0.497 e. The van der Waals surface area contributed by atoms with Gasteiger partial charge < -0.3 is 18.9 Å². The average Bonchev–Trinajstić information content (AvgIpc) is 3.27. The number of nitrogens with zero attached hydrogens (tertiary/aromatic N) is 3. The van der Waals surface area contributed by atoms with Gasteiger partial charge in [0, 0.05) is 42.3 Å². The summed E-state index contributed by atoms with van der Waals surface area (Å²) in [7, 11) is 1.63. The normalized spacial score (nSPS) is 10.6. The quantitative estimate of drug-likeness (QED) is 0.340. The van der Waals surface area contributed by atoms with Gasteiger partial charge in [0.05, 0.1) is 18.7 Å². The van der Waals surface area contributed by atoms with Crippen LogP contribution in [0.4, 0.5) is 4.79 Å². The lowest BCUT2D eigenvalue weighted by Crippen LogP contribution is -2.33. The van der Waals surface area contributed by atoms with E-state index in [1.807, 2.05) is 86.8 Å². The second-order valence-corrected chi connectivity index (χ2v) is 7.85. The zero-order valence-electron chi connectivity index (χ0n) is 19.6. The van der Waals surface area contributed by atoms with Crippen molar-refractivity contribution in [1.29, 1.82) is 5.26 Å². The lowest BCUT2D eigenvalue weighted by atomic mass is 10.00. The van der Waals surface area contributed by atoms with Crippen LogP contribution in [-0.2, 0) is 6.54 Å². The summed E-state index contributed by atoms with van der Waals surface area (Å²) in [4.78, 5) is 14.4. The molecule has 0 bridgehead atoms. The van der Waals surface area contributed by atoms with Gasteiger partial charge in [0.2, 0.25) is 0 Å². The molecule has 0 aliphatic carbocycles. The van der Waals surface area contributed by atoms with E-state index in [4.69, 9.17) is 9.47 Å². The van der Waals surface area contributed by atoms with Crippen molar-refractivity contribution in [1.82, 2.24) is 9.47 Å². The maximum atomic E-state index is 12.8. The summed E-state index contributed by atoms with van der Waals surface area (Å²) in [6, 6.07) is 23.4. The molecule has 6 nitrogen and oxygen atoms in total. The average molecular weight is 454 g/mol. The van der Waals surface area contributed by atoms with Crippen LogP contribution in [0.5, 0.6) is 11.5 Å². The second-order valence-electron chi connectivity index (χ2n) is 7.85. The van der Waals surface area contributed by atoms with Crippen LogP contribution in [0.1, 0.15) is 25.0 Å². The van der Waals surface area contributed by atoms with Crippen LogP contribution in [0.3, 0.4) is 0 Å². The molecule has 1 amide bonds. The number of amides is 1. The van der Waals surface area contributed by atoms with Crippen LogP contribution < -0.4 is 9.47 Å². The van der Waals surface area contributed by atoms with Gasteiger partial charge in [-0.3, -0.25) is 0 Å². The fraction of sp³-hybridized carbons (Fsp3) is 0.214. The van der Waals surface area contributed by atoms with Crippen molar-refractivity contribution in [2.45, 2.75) is 20.4 Å². The summed E-state index contributed by atoms with van der Waals surface area (Å²) < 4.78 is 13.3. The van der Waals surface area contributed by atoms with Crippen LogP contribution in [0.2, 0.25) is 0 Å². The molecule has 0 aliphatic rings. The number of fused-ring (bicyclic) bond motifs is 1. The van der Waals surface area contributed by atoms with Gasteiger partial charge in [-0.15, -0.1) is 0 Å². The standard InChI is InChI=1S/C28H27N3O3/c1-4-30(5-2)28(32)34-26-15-14-25-24(27(26)20-10-12-23(33-3)13-11-20)16-17-31(25)19-22-9-7-6-8-21(22)18-29/h6-17H,4-5,19H2,1-3H3. The van der Waals surface area contributed by atoms with Crippen LogP contribution in [0, 0.1) is 11.3 Å². The molecule has 1 aromatic heterocycles. The molecule has 0 saturated carbocycles. The first-order valence-electron chi connectivity index (χ1n) is 11.3. The molecule has 0 saturated heterocycles. The molecule has 0 unspecified atom stereocenters. The Morgan fingerprint density at radius 1 is 1.00 bits per heavy atom. The van der Waals surface area contributed by atoms with Crippen LogP contribution in [-0.4, -0.2) is 35.8 Å². The van der Waals surface area contributed by atoms with E-state index in [1.165, 1.54) is 0 Å². The van der Waals surface area contributed by atoms with Gasteiger partial charge in [0.15, 0.2) is 0 Å². The highest BCUT2D eigenvalue weighted by molar-refractivity contribution is 5.99. The fourth-order valence-electron chi connectivity index (χ4n) is 4.12. The smallest absolute Gasteiger partial charge is 0.415 e. The Morgan fingerprint density at radius 2 is 1.74 bits per heavy atom. The zero-order valence-corrected chi connectivity index (χ0v) is 19.6. The Labute approximate surface area is 199 Å². The number of hydrogen-bond donors (Lipinski definition) is 0. The van der Waals surface area contributed by atoms with Gasteiger partial charge in [0.25, 0.3) is 0 Å². The topological polar surface area (TPSA) is 67.5 Å².